The molecule has 0 radical (unpaired) electrons. The third kappa shape index (κ3) is 5.73. The van der Waals surface area contributed by atoms with E-state index in [9.17, 15) is 22.0 Å². The van der Waals surface area contributed by atoms with Crippen LogP contribution in [0.5, 0.6) is 0 Å². The molecular formula is C27H31F2N3O5S. The molecule has 0 saturated heterocycles. The highest BCUT2D eigenvalue weighted by atomic mass is 32.2. The molecule has 3 aromatic rings. The minimum absolute atomic E-state index is 0.0160. The summed E-state index contributed by atoms with van der Waals surface area (Å²) in [7, 11) is -4.15. The lowest BCUT2D eigenvalue weighted by molar-refractivity contribution is 0.0522. The fourth-order valence-electron chi connectivity index (χ4n) is 4.53. The number of nitrogens with one attached hydrogen (secondary N) is 1. The summed E-state index contributed by atoms with van der Waals surface area (Å²) in [6.07, 6.45) is 0.649. The van der Waals surface area contributed by atoms with Crippen LogP contribution in [0, 0.1) is 11.6 Å². The Kier molecular flexibility index (Phi) is 7.62. The first kappa shape index (κ1) is 27.7. The third-order valence-electron chi connectivity index (χ3n) is 6.53. The number of nitrogens with zero attached hydrogens (tertiary/aromatic N) is 2. The van der Waals surface area contributed by atoms with Gasteiger partial charge >= 0.3 is 5.97 Å². The second-order valence-corrected chi connectivity index (χ2v) is 12.0. The van der Waals surface area contributed by atoms with Crippen molar-refractivity contribution < 1.29 is 31.3 Å². The molecule has 1 aromatic heterocycles. The van der Waals surface area contributed by atoms with Crippen molar-refractivity contribution in [2.45, 2.75) is 63.9 Å². The van der Waals surface area contributed by atoms with Crippen LogP contribution in [0.1, 0.15) is 73.5 Å². The molecule has 1 N–H and O–H groups in total. The SMILES string of the molecule is CCOC(=O)c1c(NS(=O)(=O)c2ccc3c(c2)CN(C(C)c2cc(F)cc(F)c2)CC3)noc1C(C)(C)C. The van der Waals surface area contributed by atoms with Gasteiger partial charge in [0, 0.05) is 30.6 Å². The van der Waals surface area contributed by atoms with E-state index < -0.39 is 33.0 Å². The average Bonchev–Trinajstić information content (AvgIpc) is 3.26. The highest BCUT2D eigenvalue weighted by Gasteiger charge is 2.34. The van der Waals surface area contributed by atoms with E-state index in [2.05, 4.69) is 9.88 Å². The summed E-state index contributed by atoms with van der Waals surface area (Å²) in [6.45, 7) is 10.1. The van der Waals surface area contributed by atoms with Crippen LogP contribution in [-0.2, 0) is 33.1 Å². The number of aromatic nitrogens is 1. The molecule has 4 rings (SSSR count). The normalized spacial score (nSPS) is 15.1. The van der Waals surface area contributed by atoms with Gasteiger partial charge in [0.1, 0.15) is 17.2 Å². The molecule has 0 bridgehead atoms. The molecule has 0 amide bonds. The third-order valence-corrected chi connectivity index (χ3v) is 7.87. The molecule has 1 aliphatic rings. The Labute approximate surface area is 221 Å². The first-order valence-electron chi connectivity index (χ1n) is 12.3. The van der Waals surface area contributed by atoms with E-state index in [0.29, 0.717) is 25.1 Å². The van der Waals surface area contributed by atoms with Gasteiger partial charge in [-0.2, -0.15) is 0 Å². The molecule has 8 nitrogen and oxygen atoms in total. The van der Waals surface area contributed by atoms with Crippen LogP contribution in [0.15, 0.2) is 45.8 Å². The Balaban J connectivity index is 1.61. The van der Waals surface area contributed by atoms with Crippen molar-refractivity contribution in [3.8, 4) is 0 Å². The maximum absolute atomic E-state index is 13.8. The smallest absolute Gasteiger partial charge is 0.345 e. The molecule has 0 aliphatic carbocycles. The molecule has 2 heterocycles. The predicted molar refractivity (Wildman–Crippen MR) is 137 cm³/mol. The van der Waals surface area contributed by atoms with Gasteiger partial charge in [-0.1, -0.05) is 32.0 Å². The lowest BCUT2D eigenvalue weighted by Crippen LogP contribution is -2.33. The number of esters is 1. The van der Waals surface area contributed by atoms with E-state index in [0.717, 1.165) is 17.2 Å². The molecule has 0 fully saturated rings. The van der Waals surface area contributed by atoms with E-state index in [4.69, 9.17) is 9.26 Å². The van der Waals surface area contributed by atoms with Crippen molar-refractivity contribution >= 4 is 21.8 Å². The number of ether oxygens (including phenoxy) is 1. The van der Waals surface area contributed by atoms with Crippen LogP contribution in [0.25, 0.3) is 0 Å². The summed E-state index contributed by atoms with van der Waals surface area (Å²) in [4.78, 5) is 14.7. The van der Waals surface area contributed by atoms with E-state index in [1.165, 1.54) is 18.2 Å². The average molecular weight is 548 g/mol. The molecule has 11 heteroatoms. The number of rotatable bonds is 7. The highest BCUT2D eigenvalue weighted by Crippen LogP contribution is 2.33. The molecular weight excluding hydrogens is 516 g/mol. The quantitative estimate of drug-likeness (QED) is 0.398. The van der Waals surface area contributed by atoms with Gasteiger partial charge in [-0.05, 0) is 61.2 Å². The zero-order chi connectivity index (χ0) is 27.8. The first-order chi connectivity index (χ1) is 17.8. The van der Waals surface area contributed by atoms with Gasteiger partial charge in [0.15, 0.2) is 11.6 Å². The Morgan fingerprint density at radius 1 is 1.16 bits per heavy atom. The number of benzene rings is 2. The molecule has 1 aliphatic heterocycles. The molecule has 38 heavy (non-hydrogen) atoms. The minimum atomic E-state index is -4.15. The standard InChI is InChI=1S/C27H31F2N3O5S/c1-6-36-26(33)23-24(27(3,4)5)37-30-25(23)31-38(34,35)22-8-7-17-9-10-32(15-19(17)13-22)16(2)18-11-20(28)14-21(29)12-18/h7-8,11-14,16H,6,9-10,15H2,1-5H3,(H,30,31). The zero-order valence-electron chi connectivity index (χ0n) is 22.0. The van der Waals surface area contributed by atoms with Crippen LogP contribution in [0.2, 0.25) is 0 Å². The molecule has 1 atom stereocenters. The Morgan fingerprint density at radius 2 is 1.84 bits per heavy atom. The van der Waals surface area contributed by atoms with Gasteiger partial charge in [-0.15, -0.1) is 0 Å². The van der Waals surface area contributed by atoms with Crippen LogP contribution in [-0.4, -0.2) is 37.6 Å². The summed E-state index contributed by atoms with van der Waals surface area (Å²) in [5.41, 5.74) is 1.58. The van der Waals surface area contributed by atoms with Crippen LogP contribution in [0.4, 0.5) is 14.6 Å². The molecule has 0 saturated carbocycles. The van der Waals surface area contributed by atoms with E-state index >= 15 is 0 Å². The lowest BCUT2D eigenvalue weighted by atomic mass is 9.90. The molecule has 204 valence electrons. The first-order valence-corrected chi connectivity index (χ1v) is 13.8. The second kappa shape index (κ2) is 10.5. The van der Waals surface area contributed by atoms with Crippen molar-refractivity contribution in [1.29, 1.82) is 0 Å². The van der Waals surface area contributed by atoms with Crippen molar-refractivity contribution in [2.75, 3.05) is 17.9 Å². The van der Waals surface area contributed by atoms with Gasteiger partial charge in [0.05, 0.1) is 11.5 Å². The number of sulfonamides is 1. The van der Waals surface area contributed by atoms with E-state index in [1.807, 2.05) is 32.6 Å². The van der Waals surface area contributed by atoms with Gasteiger partial charge in [0.2, 0.25) is 0 Å². The van der Waals surface area contributed by atoms with Gasteiger partial charge in [-0.3, -0.25) is 9.62 Å². The number of anilines is 1. The maximum atomic E-state index is 13.8. The van der Waals surface area contributed by atoms with Gasteiger partial charge < -0.3 is 9.26 Å². The predicted octanol–water partition coefficient (Wildman–Crippen LogP) is 5.35. The number of hydrogen-bond donors (Lipinski definition) is 1. The van der Waals surface area contributed by atoms with Crippen LogP contribution < -0.4 is 4.72 Å². The van der Waals surface area contributed by atoms with Crippen LogP contribution >= 0.6 is 0 Å². The van der Waals surface area contributed by atoms with Crippen molar-refractivity contribution in [3.63, 3.8) is 0 Å². The van der Waals surface area contributed by atoms with Crippen molar-refractivity contribution in [1.82, 2.24) is 10.1 Å². The topological polar surface area (TPSA) is 102 Å². The molecule has 2 aromatic carbocycles. The van der Waals surface area contributed by atoms with Crippen LogP contribution in [0.3, 0.4) is 0 Å². The Hall–Kier alpha value is -3.31. The largest absolute Gasteiger partial charge is 0.462 e. The fourth-order valence-corrected chi connectivity index (χ4v) is 5.59. The highest BCUT2D eigenvalue weighted by molar-refractivity contribution is 7.92. The molecule has 1 unspecified atom stereocenters. The number of carbonyl (C=O) groups excluding carboxylic acids is 1. The lowest BCUT2D eigenvalue weighted by Gasteiger charge is -2.34. The second-order valence-electron chi connectivity index (χ2n) is 10.3. The fraction of sp³-hybridized carbons (Fsp3) is 0.407. The molecule has 0 spiro atoms. The summed E-state index contributed by atoms with van der Waals surface area (Å²) in [6, 6.07) is 7.97. The van der Waals surface area contributed by atoms with Gasteiger partial charge in [0.25, 0.3) is 10.0 Å². The Bertz CT molecular complexity index is 1440. The number of carbonyl (C=O) groups is 1. The summed E-state index contributed by atoms with van der Waals surface area (Å²) in [5, 5.41) is 3.83. The van der Waals surface area contributed by atoms with E-state index in [-0.39, 0.29) is 34.7 Å². The minimum Gasteiger partial charge on any atom is -0.462 e. The van der Waals surface area contributed by atoms with Gasteiger partial charge in [-0.25, -0.2) is 22.0 Å². The zero-order valence-corrected chi connectivity index (χ0v) is 22.8. The van der Waals surface area contributed by atoms with Crippen molar-refractivity contribution in [3.05, 3.63) is 76.0 Å². The summed E-state index contributed by atoms with van der Waals surface area (Å²) in [5.74, 6) is -2.06. The maximum Gasteiger partial charge on any atom is 0.345 e. The summed E-state index contributed by atoms with van der Waals surface area (Å²) < 4.78 is 67.1. The van der Waals surface area contributed by atoms with E-state index in [1.54, 1.807) is 19.1 Å². The monoisotopic (exact) mass is 547 g/mol. The summed E-state index contributed by atoms with van der Waals surface area (Å²) >= 11 is 0. The van der Waals surface area contributed by atoms with Crippen molar-refractivity contribution in [2.24, 2.45) is 0 Å². The number of fused-ring (bicyclic) bond motifs is 1. The number of halogens is 2. The Morgan fingerprint density at radius 3 is 2.47 bits per heavy atom. The number of hydrogen-bond acceptors (Lipinski definition) is 7.